The van der Waals surface area contributed by atoms with Crippen LogP contribution in [0.5, 0.6) is 0 Å². The molecule has 0 unspecified atom stereocenters. The van der Waals surface area contributed by atoms with E-state index in [4.69, 9.17) is 5.26 Å². The molecule has 0 saturated carbocycles. The number of nitriles is 2. The van der Waals surface area contributed by atoms with Gasteiger partial charge in [-0.15, -0.1) is 0 Å². The van der Waals surface area contributed by atoms with Gasteiger partial charge < -0.3 is 4.90 Å². The first-order valence-electron chi connectivity index (χ1n) is 6.87. The van der Waals surface area contributed by atoms with Crippen LogP contribution in [0.15, 0.2) is 24.3 Å². The summed E-state index contributed by atoms with van der Waals surface area (Å²) in [5, 5.41) is 22.5. The van der Waals surface area contributed by atoms with E-state index in [1.165, 1.54) is 0 Å². The Hall–Kier alpha value is -2.63. The van der Waals surface area contributed by atoms with Crippen molar-refractivity contribution in [2.75, 3.05) is 13.6 Å². The summed E-state index contributed by atoms with van der Waals surface area (Å²) in [6, 6.07) is 11.8. The maximum Gasteiger partial charge on any atom is 0.167 e. The SMILES string of the molecule is CN1CCc2c(c(C#N)nn2Cc2ccc(C#N)cc2)C1. The van der Waals surface area contributed by atoms with Crippen molar-refractivity contribution < 1.29 is 0 Å². The third-order valence-corrected chi connectivity index (χ3v) is 3.85. The number of likely N-dealkylation sites (N-methyl/N-ethyl adjacent to an activating group) is 1. The standard InChI is InChI=1S/C16H15N5/c1-20-7-6-16-14(11-20)15(9-18)19-21(16)10-13-4-2-12(8-17)3-5-13/h2-5H,6-7,10-11H2,1H3. The van der Waals surface area contributed by atoms with Crippen LogP contribution < -0.4 is 0 Å². The third kappa shape index (κ3) is 2.52. The highest BCUT2D eigenvalue weighted by Gasteiger charge is 2.23. The van der Waals surface area contributed by atoms with Gasteiger partial charge in [-0.05, 0) is 24.7 Å². The molecule has 1 aliphatic rings. The fourth-order valence-electron chi connectivity index (χ4n) is 2.70. The van der Waals surface area contributed by atoms with Crippen LogP contribution in [0.2, 0.25) is 0 Å². The van der Waals surface area contributed by atoms with Crippen LogP contribution in [0.4, 0.5) is 0 Å². The normalized spacial score (nSPS) is 14.2. The van der Waals surface area contributed by atoms with Gasteiger partial charge in [-0.3, -0.25) is 4.68 Å². The molecule has 0 radical (unpaired) electrons. The van der Waals surface area contributed by atoms with E-state index in [0.29, 0.717) is 17.8 Å². The molecule has 1 aromatic carbocycles. The molecule has 0 bridgehead atoms. The summed E-state index contributed by atoms with van der Waals surface area (Å²) >= 11 is 0. The maximum atomic E-state index is 9.25. The van der Waals surface area contributed by atoms with Crippen molar-refractivity contribution >= 4 is 0 Å². The van der Waals surface area contributed by atoms with E-state index in [-0.39, 0.29) is 0 Å². The Morgan fingerprint density at radius 2 is 1.95 bits per heavy atom. The molecule has 0 N–H and O–H groups in total. The third-order valence-electron chi connectivity index (χ3n) is 3.85. The highest BCUT2D eigenvalue weighted by Crippen LogP contribution is 2.22. The molecule has 2 aromatic rings. The second kappa shape index (κ2) is 5.40. The van der Waals surface area contributed by atoms with Gasteiger partial charge in [-0.2, -0.15) is 15.6 Å². The first kappa shape index (κ1) is 13.4. The Morgan fingerprint density at radius 3 is 2.62 bits per heavy atom. The number of rotatable bonds is 2. The molecule has 1 aromatic heterocycles. The number of aromatic nitrogens is 2. The van der Waals surface area contributed by atoms with Gasteiger partial charge in [0, 0.05) is 30.8 Å². The molecule has 5 heteroatoms. The molecule has 3 rings (SSSR count). The van der Waals surface area contributed by atoms with Crippen LogP contribution >= 0.6 is 0 Å². The van der Waals surface area contributed by atoms with Gasteiger partial charge in [-0.25, -0.2) is 0 Å². The van der Waals surface area contributed by atoms with Crippen LogP contribution in [-0.4, -0.2) is 28.3 Å². The molecule has 2 heterocycles. The molecular formula is C16H15N5. The van der Waals surface area contributed by atoms with Gasteiger partial charge in [-0.1, -0.05) is 12.1 Å². The lowest BCUT2D eigenvalue weighted by Gasteiger charge is -2.23. The summed E-state index contributed by atoms with van der Waals surface area (Å²) in [5.74, 6) is 0. The van der Waals surface area contributed by atoms with Gasteiger partial charge in [0.2, 0.25) is 0 Å². The molecule has 5 nitrogen and oxygen atoms in total. The number of hydrogen-bond donors (Lipinski definition) is 0. The molecule has 21 heavy (non-hydrogen) atoms. The Labute approximate surface area is 123 Å². The fraction of sp³-hybridized carbons (Fsp3) is 0.312. The molecule has 0 aliphatic carbocycles. The highest BCUT2D eigenvalue weighted by atomic mass is 15.3. The minimum absolute atomic E-state index is 0.533. The van der Waals surface area contributed by atoms with E-state index in [1.807, 2.05) is 28.9 Å². The molecule has 0 saturated heterocycles. The molecule has 0 fully saturated rings. The summed E-state index contributed by atoms with van der Waals surface area (Å²) < 4.78 is 1.93. The van der Waals surface area contributed by atoms with Crippen LogP contribution in [0.1, 0.15) is 28.1 Å². The lowest BCUT2D eigenvalue weighted by molar-refractivity contribution is 0.308. The zero-order chi connectivity index (χ0) is 14.8. The Bertz CT molecular complexity index is 743. The summed E-state index contributed by atoms with van der Waals surface area (Å²) in [5.41, 5.74) is 4.49. The second-order valence-electron chi connectivity index (χ2n) is 5.34. The van der Waals surface area contributed by atoms with E-state index in [9.17, 15) is 5.26 Å². The van der Waals surface area contributed by atoms with E-state index < -0.39 is 0 Å². The quantitative estimate of drug-likeness (QED) is 0.837. The number of nitrogens with zero attached hydrogens (tertiary/aromatic N) is 5. The second-order valence-corrected chi connectivity index (χ2v) is 5.34. The van der Waals surface area contributed by atoms with Crippen LogP contribution in [0.3, 0.4) is 0 Å². The monoisotopic (exact) mass is 277 g/mol. The lowest BCUT2D eigenvalue weighted by atomic mass is 10.1. The zero-order valence-corrected chi connectivity index (χ0v) is 11.9. The van der Waals surface area contributed by atoms with Gasteiger partial charge >= 0.3 is 0 Å². The Morgan fingerprint density at radius 1 is 1.19 bits per heavy atom. The van der Waals surface area contributed by atoms with Crippen molar-refractivity contribution in [3.63, 3.8) is 0 Å². The fourth-order valence-corrected chi connectivity index (χ4v) is 2.70. The summed E-state index contributed by atoms with van der Waals surface area (Å²) in [7, 11) is 2.06. The topological polar surface area (TPSA) is 68.6 Å². The Balaban J connectivity index is 1.92. The smallest absolute Gasteiger partial charge is 0.167 e. The van der Waals surface area contributed by atoms with Crippen LogP contribution in [0.25, 0.3) is 0 Å². The first-order chi connectivity index (χ1) is 10.2. The predicted octanol–water partition coefficient (Wildman–Crippen LogP) is 1.66. The first-order valence-corrected chi connectivity index (χ1v) is 6.87. The van der Waals surface area contributed by atoms with E-state index in [2.05, 4.69) is 29.2 Å². The lowest BCUT2D eigenvalue weighted by Crippen LogP contribution is -2.27. The average Bonchev–Trinajstić information content (AvgIpc) is 2.85. The van der Waals surface area contributed by atoms with E-state index in [0.717, 1.165) is 36.3 Å². The van der Waals surface area contributed by atoms with Crippen molar-refractivity contribution in [2.45, 2.75) is 19.5 Å². The van der Waals surface area contributed by atoms with Crippen LogP contribution in [-0.2, 0) is 19.5 Å². The van der Waals surface area contributed by atoms with Gasteiger partial charge in [0.15, 0.2) is 5.69 Å². The highest BCUT2D eigenvalue weighted by molar-refractivity contribution is 5.37. The van der Waals surface area contributed by atoms with Gasteiger partial charge in [0.25, 0.3) is 0 Å². The van der Waals surface area contributed by atoms with E-state index in [1.54, 1.807) is 0 Å². The average molecular weight is 277 g/mol. The van der Waals surface area contributed by atoms with Gasteiger partial charge in [0.1, 0.15) is 6.07 Å². The molecule has 0 amide bonds. The molecule has 0 atom stereocenters. The molecule has 0 spiro atoms. The van der Waals surface area contributed by atoms with Crippen molar-refractivity contribution in [1.82, 2.24) is 14.7 Å². The summed E-state index contributed by atoms with van der Waals surface area (Å²) in [4.78, 5) is 2.21. The largest absolute Gasteiger partial charge is 0.302 e. The summed E-state index contributed by atoms with van der Waals surface area (Å²) in [6.45, 7) is 2.40. The van der Waals surface area contributed by atoms with Crippen LogP contribution in [0, 0.1) is 22.7 Å². The maximum absolute atomic E-state index is 9.25. The van der Waals surface area contributed by atoms with E-state index >= 15 is 0 Å². The van der Waals surface area contributed by atoms with Crippen molar-refractivity contribution in [3.05, 3.63) is 52.3 Å². The van der Waals surface area contributed by atoms with Crippen molar-refractivity contribution in [3.8, 4) is 12.1 Å². The number of benzene rings is 1. The van der Waals surface area contributed by atoms with Gasteiger partial charge in [0.05, 0.1) is 18.2 Å². The Kier molecular flexibility index (Phi) is 3.43. The van der Waals surface area contributed by atoms with Crippen molar-refractivity contribution in [1.29, 1.82) is 10.5 Å². The molecular weight excluding hydrogens is 262 g/mol. The predicted molar refractivity (Wildman–Crippen MR) is 77.2 cm³/mol. The number of hydrogen-bond acceptors (Lipinski definition) is 4. The minimum Gasteiger partial charge on any atom is -0.302 e. The molecule has 104 valence electrons. The van der Waals surface area contributed by atoms with Crippen molar-refractivity contribution in [2.24, 2.45) is 0 Å². The number of fused-ring (bicyclic) bond motifs is 1. The molecule has 1 aliphatic heterocycles. The zero-order valence-electron chi connectivity index (χ0n) is 11.9. The minimum atomic E-state index is 0.533. The summed E-state index contributed by atoms with van der Waals surface area (Å²) in [6.07, 6.45) is 0.913.